The van der Waals surface area contributed by atoms with Gasteiger partial charge in [0, 0.05) is 18.0 Å². The Balaban J connectivity index is 1.93. The van der Waals surface area contributed by atoms with E-state index in [-0.39, 0.29) is 18.1 Å². The van der Waals surface area contributed by atoms with Crippen LogP contribution in [0, 0.1) is 0 Å². The molecule has 1 aliphatic rings. The minimum Gasteiger partial charge on any atom is -0.326 e. The number of anilines is 1. The molecule has 1 atom stereocenters. The Morgan fingerprint density at radius 1 is 1.32 bits per heavy atom. The Morgan fingerprint density at radius 3 is 2.59 bits per heavy atom. The standard InChI is InChI=1S/C14H19N2O5P/c17-13-9-15-7-5-12(13)10-1-3-11(4-2-10)16-14(18)6-8-22(19,20)21/h1-4,12,15H,5-9H2,(H,16,18)(H2,19,20,21). The van der Waals surface area contributed by atoms with Crippen LogP contribution in [0.2, 0.25) is 0 Å². The highest BCUT2D eigenvalue weighted by atomic mass is 31.2. The van der Waals surface area contributed by atoms with Crippen molar-refractivity contribution in [1.82, 2.24) is 5.32 Å². The van der Waals surface area contributed by atoms with E-state index in [4.69, 9.17) is 9.79 Å². The zero-order chi connectivity index (χ0) is 16.2. The molecule has 0 radical (unpaired) electrons. The zero-order valence-corrected chi connectivity index (χ0v) is 12.9. The third-order valence-corrected chi connectivity index (χ3v) is 4.33. The van der Waals surface area contributed by atoms with Crippen LogP contribution in [0.3, 0.4) is 0 Å². The van der Waals surface area contributed by atoms with Gasteiger partial charge in [0.25, 0.3) is 0 Å². The van der Waals surface area contributed by atoms with Crippen LogP contribution in [-0.2, 0) is 14.2 Å². The van der Waals surface area contributed by atoms with E-state index in [0.29, 0.717) is 12.2 Å². The highest BCUT2D eigenvalue weighted by Crippen LogP contribution is 2.34. The predicted molar refractivity (Wildman–Crippen MR) is 81.8 cm³/mol. The number of amides is 1. The Hall–Kier alpha value is -1.53. The maximum atomic E-state index is 11.8. The van der Waals surface area contributed by atoms with E-state index >= 15 is 0 Å². The molecule has 22 heavy (non-hydrogen) atoms. The second-order valence-corrected chi connectivity index (χ2v) is 7.07. The predicted octanol–water partition coefficient (Wildman–Crippen LogP) is 0.839. The van der Waals surface area contributed by atoms with Crippen LogP contribution in [0.1, 0.15) is 24.3 Å². The highest BCUT2D eigenvalue weighted by Gasteiger charge is 2.23. The molecule has 120 valence electrons. The van der Waals surface area contributed by atoms with Crippen LogP contribution < -0.4 is 10.6 Å². The summed E-state index contributed by atoms with van der Waals surface area (Å²) in [6.45, 7) is 1.18. The molecule has 1 saturated heterocycles. The Morgan fingerprint density at radius 2 is 2.00 bits per heavy atom. The molecule has 0 saturated carbocycles. The second kappa shape index (κ2) is 7.15. The van der Waals surface area contributed by atoms with Crippen molar-refractivity contribution in [2.45, 2.75) is 18.8 Å². The molecule has 0 aromatic heterocycles. The summed E-state index contributed by atoms with van der Waals surface area (Å²) >= 11 is 0. The largest absolute Gasteiger partial charge is 0.326 e. The third-order valence-electron chi connectivity index (χ3n) is 3.52. The zero-order valence-electron chi connectivity index (χ0n) is 12.0. The van der Waals surface area contributed by atoms with Gasteiger partial charge < -0.3 is 20.4 Å². The molecule has 1 fully saturated rings. The third kappa shape index (κ3) is 5.03. The van der Waals surface area contributed by atoms with Crippen LogP contribution in [0.4, 0.5) is 5.69 Å². The van der Waals surface area contributed by atoms with E-state index in [2.05, 4.69) is 10.6 Å². The summed E-state index contributed by atoms with van der Waals surface area (Å²) in [6, 6.07) is 6.99. The molecule has 0 aliphatic carbocycles. The average molecular weight is 326 g/mol. The van der Waals surface area contributed by atoms with Crippen molar-refractivity contribution in [3.63, 3.8) is 0 Å². The SMILES string of the molecule is O=C(CCP(=O)(O)O)Nc1ccc(C2CCNCC2=O)cc1. The molecule has 2 rings (SSSR count). The smallest absolute Gasteiger partial charge is 0.326 e. The summed E-state index contributed by atoms with van der Waals surface area (Å²) in [5, 5.41) is 5.60. The maximum Gasteiger partial charge on any atom is 0.326 e. The first-order valence-corrected chi connectivity index (χ1v) is 8.83. The Bertz CT molecular complexity index is 596. The molecule has 1 aromatic rings. The van der Waals surface area contributed by atoms with Gasteiger partial charge in [-0.3, -0.25) is 14.2 Å². The Kier molecular flexibility index (Phi) is 5.47. The van der Waals surface area contributed by atoms with Crippen LogP contribution in [0.25, 0.3) is 0 Å². The fourth-order valence-electron chi connectivity index (χ4n) is 2.36. The van der Waals surface area contributed by atoms with Crippen molar-refractivity contribution in [1.29, 1.82) is 0 Å². The maximum absolute atomic E-state index is 11.8. The number of nitrogens with one attached hydrogen (secondary N) is 2. The molecule has 1 unspecified atom stereocenters. The van der Waals surface area contributed by atoms with Crippen LogP contribution >= 0.6 is 7.60 Å². The van der Waals surface area contributed by atoms with Crippen LogP contribution in [0.5, 0.6) is 0 Å². The molecule has 1 aliphatic heterocycles. The van der Waals surface area contributed by atoms with Crippen molar-refractivity contribution < 1.29 is 23.9 Å². The van der Waals surface area contributed by atoms with E-state index in [0.717, 1.165) is 18.5 Å². The fraction of sp³-hybridized carbons (Fsp3) is 0.429. The van der Waals surface area contributed by atoms with Gasteiger partial charge in [-0.05, 0) is 30.7 Å². The quantitative estimate of drug-likeness (QED) is 0.596. The number of carbonyl (C=O) groups excluding carboxylic acids is 2. The first-order chi connectivity index (χ1) is 10.3. The van der Waals surface area contributed by atoms with Gasteiger partial charge >= 0.3 is 7.60 Å². The summed E-state index contributed by atoms with van der Waals surface area (Å²) in [7, 11) is -4.16. The first kappa shape index (κ1) is 16.8. The van der Waals surface area contributed by atoms with Crippen molar-refractivity contribution in [3.8, 4) is 0 Å². The average Bonchev–Trinajstić information content (AvgIpc) is 2.46. The summed E-state index contributed by atoms with van der Waals surface area (Å²) in [5.41, 5.74) is 1.46. The number of rotatable bonds is 5. The van der Waals surface area contributed by atoms with Crippen molar-refractivity contribution >= 4 is 25.0 Å². The van der Waals surface area contributed by atoms with Crippen molar-refractivity contribution in [2.75, 3.05) is 24.6 Å². The minimum atomic E-state index is -4.16. The summed E-state index contributed by atoms with van der Waals surface area (Å²) in [4.78, 5) is 40.9. The molecule has 0 bridgehead atoms. The van der Waals surface area contributed by atoms with Crippen molar-refractivity contribution in [3.05, 3.63) is 29.8 Å². The van der Waals surface area contributed by atoms with Crippen molar-refractivity contribution in [2.24, 2.45) is 0 Å². The number of hydrogen-bond donors (Lipinski definition) is 4. The fourth-order valence-corrected chi connectivity index (χ4v) is 2.86. The first-order valence-electron chi connectivity index (χ1n) is 7.03. The monoisotopic (exact) mass is 326 g/mol. The molecule has 1 aromatic carbocycles. The van der Waals surface area contributed by atoms with Gasteiger partial charge in [0.1, 0.15) is 0 Å². The summed E-state index contributed by atoms with van der Waals surface area (Å²) < 4.78 is 10.7. The van der Waals surface area contributed by atoms with E-state index in [1.54, 1.807) is 24.3 Å². The molecule has 1 amide bonds. The number of piperidine rings is 1. The molecule has 1 heterocycles. The lowest BCUT2D eigenvalue weighted by Crippen LogP contribution is -2.35. The molecular weight excluding hydrogens is 307 g/mol. The number of benzene rings is 1. The number of ketones is 1. The number of carbonyl (C=O) groups is 2. The second-order valence-electron chi connectivity index (χ2n) is 5.29. The minimum absolute atomic E-state index is 0.111. The number of Topliss-reactive ketones (excluding diaryl/α,β-unsaturated/α-hetero) is 1. The molecular formula is C14H19N2O5P. The number of hydrogen-bond acceptors (Lipinski definition) is 4. The van der Waals surface area contributed by atoms with E-state index in [1.165, 1.54) is 0 Å². The van der Waals surface area contributed by atoms with E-state index < -0.39 is 19.7 Å². The topological polar surface area (TPSA) is 116 Å². The molecule has 7 nitrogen and oxygen atoms in total. The summed E-state index contributed by atoms with van der Waals surface area (Å²) in [6.07, 6.45) is 0.0477. The van der Waals surface area contributed by atoms with Gasteiger partial charge in [0.15, 0.2) is 5.78 Å². The van der Waals surface area contributed by atoms with Gasteiger partial charge in [-0.1, -0.05) is 12.1 Å². The van der Waals surface area contributed by atoms with Gasteiger partial charge in [0.2, 0.25) is 5.91 Å². The molecule has 8 heteroatoms. The lowest BCUT2D eigenvalue weighted by molar-refractivity contribution is -0.120. The van der Waals surface area contributed by atoms with Crippen LogP contribution in [0.15, 0.2) is 24.3 Å². The molecule has 0 spiro atoms. The van der Waals surface area contributed by atoms with Gasteiger partial charge in [-0.25, -0.2) is 0 Å². The van der Waals surface area contributed by atoms with E-state index in [1.807, 2.05) is 0 Å². The van der Waals surface area contributed by atoms with Crippen LogP contribution in [-0.4, -0.2) is 40.7 Å². The highest BCUT2D eigenvalue weighted by molar-refractivity contribution is 7.51. The lowest BCUT2D eigenvalue weighted by Gasteiger charge is -2.21. The van der Waals surface area contributed by atoms with Gasteiger partial charge in [0.05, 0.1) is 12.7 Å². The van der Waals surface area contributed by atoms with Gasteiger partial charge in [-0.15, -0.1) is 0 Å². The molecule has 4 N–H and O–H groups in total. The lowest BCUT2D eigenvalue weighted by atomic mass is 9.89. The Labute approximate surface area is 128 Å². The normalized spacial score (nSPS) is 19.0. The van der Waals surface area contributed by atoms with E-state index in [9.17, 15) is 14.2 Å². The summed E-state index contributed by atoms with van der Waals surface area (Å²) in [5.74, 6) is -0.403. The van der Waals surface area contributed by atoms with Gasteiger partial charge in [-0.2, -0.15) is 0 Å².